The van der Waals surface area contributed by atoms with E-state index in [4.69, 9.17) is 5.26 Å². The van der Waals surface area contributed by atoms with E-state index in [1.807, 2.05) is 0 Å². The summed E-state index contributed by atoms with van der Waals surface area (Å²) in [5.74, 6) is 0. The summed E-state index contributed by atoms with van der Waals surface area (Å²) in [7, 11) is 2.11. The summed E-state index contributed by atoms with van der Waals surface area (Å²) in [4.78, 5) is 2.25. The van der Waals surface area contributed by atoms with Crippen LogP contribution in [0.1, 0.15) is 30.5 Å². The van der Waals surface area contributed by atoms with Crippen LogP contribution in [-0.2, 0) is 0 Å². The number of unbranched alkanes of at least 4 members (excludes halogenated alkanes) is 2. The number of pyridine rings is 1. The second kappa shape index (κ2) is 20.8. The number of benzene rings is 4. The first-order valence-corrected chi connectivity index (χ1v) is 15.6. The van der Waals surface area contributed by atoms with E-state index in [2.05, 4.69) is 182 Å². The van der Waals surface area contributed by atoms with Gasteiger partial charge < -0.3 is 23.7 Å². The van der Waals surface area contributed by atoms with Gasteiger partial charge in [-0.15, -0.1) is 0 Å². The maximum atomic E-state index is 8.78. The molecule has 47 heavy (non-hydrogen) atoms. The Labute approximate surface area is 292 Å². The fourth-order valence-corrected chi connectivity index (χ4v) is 5.48. The van der Waals surface area contributed by atoms with E-state index in [0.29, 0.717) is 6.42 Å². The average molecular weight is 765 g/mol. The van der Waals surface area contributed by atoms with E-state index in [-0.39, 0.29) is 27.2 Å². The fraction of sp³-hybridized carbons (Fsp3) is 0.135. The predicted octanol–water partition coefficient (Wildman–Crippen LogP) is -2.24. The Bertz CT molecular complexity index is 1710. The third kappa shape index (κ3) is 11.2. The van der Waals surface area contributed by atoms with E-state index in [0.717, 1.165) is 67.7 Å². The number of aromatic nitrogens is 1. The van der Waals surface area contributed by atoms with Gasteiger partial charge in [0.2, 0.25) is 17.1 Å². The molecule has 5 aromatic rings. The number of nitriles is 1. The molecule has 0 atom stereocenters. The standard InChI is InChI=1S/C37H32Br2N3.B.4FH/c1-41(25-7-3-6-24-40)34-21-10-28(11-22-34)12-23-36-26-31(29-13-17-32(38)18-14-29)27-37(30-15-19-33(39)20-16-30)42(36)35-8-4-2-5-9-35;;;;;/h2,4-5,8-23,26-27H,3,6-7,25H2,1H3;;4*1H/q+1;+3;;;;/p-4. The maximum absolute atomic E-state index is 8.78. The van der Waals surface area contributed by atoms with Crippen molar-refractivity contribution in [1.29, 1.82) is 5.26 Å². The van der Waals surface area contributed by atoms with Crippen LogP contribution in [0.3, 0.4) is 0 Å². The first-order valence-electron chi connectivity index (χ1n) is 14.1. The molecular formula is C37H32BBr2F4N3. The van der Waals surface area contributed by atoms with Crippen molar-refractivity contribution in [2.45, 2.75) is 19.3 Å². The van der Waals surface area contributed by atoms with E-state index in [1.54, 1.807) is 0 Å². The van der Waals surface area contributed by atoms with Gasteiger partial charge in [0.1, 0.15) is 0 Å². The summed E-state index contributed by atoms with van der Waals surface area (Å²) in [6.45, 7) is 0.940. The summed E-state index contributed by atoms with van der Waals surface area (Å²) in [6.07, 6.45) is 6.96. The van der Waals surface area contributed by atoms with Crippen LogP contribution in [0.5, 0.6) is 0 Å². The van der Waals surface area contributed by atoms with Gasteiger partial charge in [0.05, 0.1) is 6.07 Å². The van der Waals surface area contributed by atoms with Crippen molar-refractivity contribution in [3.63, 3.8) is 0 Å². The summed E-state index contributed by atoms with van der Waals surface area (Å²) in [6, 6.07) is 42.9. The summed E-state index contributed by atoms with van der Waals surface area (Å²) < 4.78 is 4.44. The Morgan fingerprint density at radius 1 is 0.681 bits per heavy atom. The van der Waals surface area contributed by atoms with Crippen LogP contribution in [0.2, 0.25) is 0 Å². The number of para-hydroxylation sites is 1. The molecule has 4 aromatic carbocycles. The van der Waals surface area contributed by atoms with Crippen molar-refractivity contribution in [2.24, 2.45) is 0 Å². The summed E-state index contributed by atoms with van der Waals surface area (Å²) in [5.41, 5.74) is 9.06. The fourth-order valence-electron chi connectivity index (χ4n) is 4.95. The van der Waals surface area contributed by atoms with Crippen LogP contribution in [-0.4, -0.2) is 22.0 Å². The Morgan fingerprint density at radius 3 is 1.83 bits per heavy atom. The third-order valence-electron chi connectivity index (χ3n) is 7.24. The van der Waals surface area contributed by atoms with E-state index >= 15 is 0 Å². The van der Waals surface area contributed by atoms with Gasteiger partial charge in [-0.2, -0.15) is 9.83 Å². The van der Waals surface area contributed by atoms with Crippen LogP contribution in [0.15, 0.2) is 124 Å². The smallest absolute Gasteiger partial charge is 1.00 e. The molecule has 1 aromatic heterocycles. The molecule has 0 unspecified atom stereocenters. The largest absolute Gasteiger partial charge is 3.00 e. The Morgan fingerprint density at radius 2 is 1.26 bits per heavy atom. The number of hydrogen-bond acceptors (Lipinski definition) is 2. The van der Waals surface area contributed by atoms with Gasteiger partial charge in [-0.05, 0) is 84.1 Å². The van der Waals surface area contributed by atoms with E-state index in [9.17, 15) is 0 Å². The quantitative estimate of drug-likeness (QED) is 0.0699. The first kappa shape index (κ1) is 42.8. The van der Waals surface area contributed by atoms with Crippen LogP contribution in [0.4, 0.5) is 5.69 Å². The monoisotopic (exact) mass is 763 g/mol. The van der Waals surface area contributed by atoms with Crippen molar-refractivity contribution in [2.75, 3.05) is 18.5 Å². The SMILES string of the molecule is CN(CCCCC#N)c1ccc(/C=C/c2cc(-c3ccc(Br)cc3)cc(-c3ccc(Br)cc3)[n+]2-c2ccccc2)cc1.[B+3].[F-].[F-].[F-].[F-]. The molecule has 10 heteroatoms. The van der Waals surface area contributed by atoms with Crippen molar-refractivity contribution < 1.29 is 23.4 Å². The first-order chi connectivity index (χ1) is 20.5. The molecule has 0 amide bonds. The van der Waals surface area contributed by atoms with Crippen LogP contribution in [0.25, 0.3) is 40.2 Å². The van der Waals surface area contributed by atoms with Gasteiger partial charge in [0.15, 0.2) is 0 Å². The molecule has 0 radical (unpaired) electrons. The maximum Gasteiger partial charge on any atom is 3.00 e. The molecule has 0 aliphatic rings. The summed E-state index contributed by atoms with van der Waals surface area (Å²) in [5, 5.41) is 8.78. The molecule has 0 fully saturated rings. The molecule has 0 spiro atoms. The van der Waals surface area contributed by atoms with Crippen molar-refractivity contribution >= 4 is 58.1 Å². The van der Waals surface area contributed by atoms with Crippen LogP contribution >= 0.6 is 31.9 Å². The van der Waals surface area contributed by atoms with Gasteiger partial charge in [-0.1, -0.05) is 74.3 Å². The number of halogens is 6. The number of rotatable bonds is 10. The Kier molecular flexibility index (Phi) is 19.0. The van der Waals surface area contributed by atoms with Gasteiger partial charge in [-0.25, -0.2) is 0 Å². The van der Waals surface area contributed by atoms with Crippen molar-refractivity contribution in [1.82, 2.24) is 0 Å². The molecule has 240 valence electrons. The molecule has 0 aliphatic heterocycles. The minimum Gasteiger partial charge on any atom is -1.00 e. The van der Waals surface area contributed by atoms with Gasteiger partial charge in [0, 0.05) is 70.6 Å². The van der Waals surface area contributed by atoms with E-state index < -0.39 is 0 Å². The molecule has 0 saturated heterocycles. The minimum absolute atomic E-state index is 0. The second-order valence-electron chi connectivity index (χ2n) is 10.2. The zero-order valence-electron chi connectivity index (χ0n) is 25.6. The Balaban J connectivity index is 0.00000423. The molecule has 0 aliphatic carbocycles. The number of anilines is 1. The van der Waals surface area contributed by atoms with Crippen LogP contribution < -0.4 is 28.3 Å². The number of hydrogen-bond donors (Lipinski definition) is 0. The molecule has 1 heterocycles. The molecule has 3 nitrogen and oxygen atoms in total. The van der Waals surface area contributed by atoms with Gasteiger partial charge in [0.25, 0.3) is 0 Å². The van der Waals surface area contributed by atoms with E-state index in [1.165, 1.54) is 5.69 Å². The van der Waals surface area contributed by atoms with Gasteiger partial charge >= 0.3 is 8.41 Å². The average Bonchev–Trinajstić information content (AvgIpc) is 3.03. The third-order valence-corrected chi connectivity index (χ3v) is 8.30. The number of nitrogens with zero attached hydrogens (tertiary/aromatic N) is 3. The summed E-state index contributed by atoms with van der Waals surface area (Å²) >= 11 is 7.18. The Hall–Kier alpha value is -4.20. The predicted molar refractivity (Wildman–Crippen MR) is 188 cm³/mol. The molecule has 5 rings (SSSR count). The normalized spacial score (nSPS) is 9.83. The second-order valence-corrected chi connectivity index (χ2v) is 12.0. The zero-order valence-corrected chi connectivity index (χ0v) is 28.8. The zero-order chi connectivity index (χ0) is 29.3. The molecule has 0 N–H and O–H groups in total. The van der Waals surface area contributed by atoms with Crippen molar-refractivity contribution in [3.05, 3.63) is 135 Å². The minimum atomic E-state index is 0. The molecule has 0 bridgehead atoms. The molecule has 0 saturated carbocycles. The van der Waals surface area contributed by atoms with Crippen LogP contribution in [0, 0.1) is 11.3 Å². The molecular weight excluding hydrogens is 733 g/mol. The topological polar surface area (TPSA) is 30.9 Å². The van der Waals surface area contributed by atoms with Gasteiger partial charge in [-0.3, -0.25) is 0 Å². The van der Waals surface area contributed by atoms with Crippen molar-refractivity contribution in [3.8, 4) is 34.1 Å².